The molecular weight excluding hydrogens is 340 g/mol. The van der Waals surface area contributed by atoms with Crippen LogP contribution in [0.2, 0.25) is 0 Å². The lowest BCUT2D eigenvalue weighted by molar-refractivity contribution is -0.106. The maximum atomic E-state index is 12.0. The fraction of sp³-hybridized carbons (Fsp3) is 0.941. The van der Waals surface area contributed by atoms with Gasteiger partial charge in [-0.1, -0.05) is 13.8 Å². The minimum atomic E-state index is -3.07. The average Bonchev–Trinajstić information content (AvgIpc) is 3.06. The zero-order chi connectivity index (χ0) is 18.2. The molecule has 25 heavy (non-hydrogen) atoms. The van der Waals surface area contributed by atoms with Crippen LogP contribution in [-0.2, 0) is 14.8 Å². The van der Waals surface area contributed by atoms with Gasteiger partial charge in [0, 0.05) is 50.2 Å². The number of piperidine rings is 1. The minimum Gasteiger partial charge on any atom is -0.377 e. The molecule has 7 nitrogen and oxygen atoms in total. The lowest BCUT2D eigenvalue weighted by Gasteiger charge is -2.55. The van der Waals surface area contributed by atoms with Gasteiger partial charge in [0.05, 0.1) is 11.9 Å². The van der Waals surface area contributed by atoms with E-state index in [4.69, 9.17) is 4.74 Å². The summed E-state index contributed by atoms with van der Waals surface area (Å²) in [7, 11) is -1.28. The second kappa shape index (κ2) is 7.04. The largest absolute Gasteiger partial charge is 0.377 e. The first-order chi connectivity index (χ1) is 11.8. The van der Waals surface area contributed by atoms with Crippen molar-refractivity contribution in [3.05, 3.63) is 0 Å². The third kappa shape index (κ3) is 3.53. The monoisotopic (exact) mass is 372 g/mol. The van der Waals surface area contributed by atoms with E-state index in [1.54, 1.807) is 18.3 Å². The van der Waals surface area contributed by atoms with Crippen molar-refractivity contribution < 1.29 is 13.2 Å². The summed E-state index contributed by atoms with van der Waals surface area (Å²) in [5.74, 6) is 1.56. The standard InChI is InChI=1S/C17H32N4O3S/c1-5-25(22,23)21-9-6-12(7-10-21)19-16(18-4)20-14-13-8-11-24-15(13)17(14,2)3/h12-15H,5-11H2,1-4H3,(H2,18,19,20). The van der Waals surface area contributed by atoms with E-state index < -0.39 is 10.0 Å². The van der Waals surface area contributed by atoms with Crippen molar-refractivity contribution in [2.75, 3.05) is 32.5 Å². The first-order valence-electron chi connectivity index (χ1n) is 9.39. The number of hydrogen-bond acceptors (Lipinski definition) is 4. The van der Waals surface area contributed by atoms with Gasteiger partial charge in [-0.3, -0.25) is 4.99 Å². The summed E-state index contributed by atoms with van der Waals surface area (Å²) in [6.45, 7) is 8.22. The maximum absolute atomic E-state index is 12.0. The number of guanidine groups is 1. The van der Waals surface area contributed by atoms with E-state index >= 15 is 0 Å². The smallest absolute Gasteiger partial charge is 0.213 e. The van der Waals surface area contributed by atoms with Crippen molar-refractivity contribution in [1.82, 2.24) is 14.9 Å². The van der Waals surface area contributed by atoms with Crippen LogP contribution in [0.15, 0.2) is 4.99 Å². The van der Waals surface area contributed by atoms with Gasteiger partial charge in [-0.25, -0.2) is 12.7 Å². The van der Waals surface area contributed by atoms with Crippen molar-refractivity contribution in [1.29, 1.82) is 0 Å². The van der Waals surface area contributed by atoms with Crippen molar-refractivity contribution in [3.63, 3.8) is 0 Å². The quantitative estimate of drug-likeness (QED) is 0.563. The highest BCUT2D eigenvalue weighted by atomic mass is 32.2. The van der Waals surface area contributed by atoms with Gasteiger partial charge in [-0.2, -0.15) is 0 Å². The topological polar surface area (TPSA) is 83.0 Å². The fourth-order valence-electron chi connectivity index (χ4n) is 4.59. The first-order valence-corrected chi connectivity index (χ1v) is 11.0. The molecule has 144 valence electrons. The lowest BCUT2D eigenvalue weighted by Crippen LogP contribution is -2.68. The number of sulfonamides is 1. The van der Waals surface area contributed by atoms with Gasteiger partial charge in [0.15, 0.2) is 5.96 Å². The predicted octanol–water partition coefficient (Wildman–Crippen LogP) is 0.779. The molecule has 1 aliphatic carbocycles. The minimum absolute atomic E-state index is 0.108. The zero-order valence-corrected chi connectivity index (χ0v) is 16.6. The average molecular weight is 373 g/mol. The number of hydrogen-bond donors (Lipinski definition) is 2. The van der Waals surface area contributed by atoms with E-state index in [1.165, 1.54) is 0 Å². The molecule has 2 aliphatic heterocycles. The Morgan fingerprint density at radius 1 is 1.24 bits per heavy atom. The number of rotatable bonds is 4. The molecule has 2 N–H and O–H groups in total. The Labute approximate surface area is 151 Å². The third-order valence-electron chi connectivity index (χ3n) is 6.17. The van der Waals surface area contributed by atoms with Crippen molar-refractivity contribution in [2.24, 2.45) is 16.3 Å². The molecule has 3 unspecified atom stereocenters. The van der Waals surface area contributed by atoms with Crippen LogP contribution < -0.4 is 10.6 Å². The number of nitrogens with zero attached hydrogens (tertiary/aromatic N) is 2. The second-order valence-corrected chi connectivity index (χ2v) is 10.2. The van der Waals surface area contributed by atoms with Crippen LogP contribution >= 0.6 is 0 Å². The number of ether oxygens (including phenoxy) is 1. The van der Waals surface area contributed by atoms with E-state index in [9.17, 15) is 8.42 Å². The lowest BCUT2D eigenvalue weighted by atomic mass is 9.57. The van der Waals surface area contributed by atoms with E-state index in [-0.39, 0.29) is 17.2 Å². The zero-order valence-electron chi connectivity index (χ0n) is 15.8. The summed E-state index contributed by atoms with van der Waals surface area (Å²) in [4.78, 5) is 4.39. The van der Waals surface area contributed by atoms with Gasteiger partial charge in [-0.15, -0.1) is 0 Å². The maximum Gasteiger partial charge on any atom is 0.213 e. The van der Waals surface area contributed by atoms with E-state index in [0.29, 0.717) is 31.2 Å². The van der Waals surface area contributed by atoms with Gasteiger partial charge in [-0.05, 0) is 26.2 Å². The van der Waals surface area contributed by atoms with Crippen LogP contribution in [0.4, 0.5) is 0 Å². The van der Waals surface area contributed by atoms with Crippen molar-refractivity contribution >= 4 is 16.0 Å². The molecule has 0 bridgehead atoms. The van der Waals surface area contributed by atoms with Crippen molar-refractivity contribution in [3.8, 4) is 0 Å². The van der Waals surface area contributed by atoms with Gasteiger partial charge < -0.3 is 15.4 Å². The SMILES string of the molecule is CCS(=O)(=O)N1CCC(NC(=NC)NC2C3CCOC3C2(C)C)CC1. The molecule has 0 aromatic rings. The van der Waals surface area contributed by atoms with Crippen LogP contribution in [0.25, 0.3) is 0 Å². The van der Waals surface area contributed by atoms with Gasteiger partial charge in [0.1, 0.15) is 0 Å². The molecule has 3 atom stereocenters. The Balaban J connectivity index is 1.52. The highest BCUT2D eigenvalue weighted by Gasteiger charge is 2.59. The molecule has 1 saturated carbocycles. The van der Waals surface area contributed by atoms with E-state index in [2.05, 4.69) is 29.5 Å². The summed E-state index contributed by atoms with van der Waals surface area (Å²) in [5, 5.41) is 7.08. The molecule has 3 aliphatic rings. The normalized spacial score (nSPS) is 33.6. The summed E-state index contributed by atoms with van der Waals surface area (Å²) < 4.78 is 31.4. The van der Waals surface area contributed by atoms with Crippen LogP contribution in [-0.4, -0.2) is 69.4 Å². The Bertz CT molecular complexity index is 611. The molecule has 3 fully saturated rings. The molecule has 2 saturated heterocycles. The number of aliphatic imine (C=N–C) groups is 1. The van der Waals surface area contributed by atoms with Crippen LogP contribution in [0.1, 0.15) is 40.0 Å². The summed E-state index contributed by atoms with van der Waals surface area (Å²) in [6.07, 6.45) is 3.08. The van der Waals surface area contributed by atoms with Gasteiger partial charge in [0.2, 0.25) is 10.0 Å². The Morgan fingerprint density at radius 3 is 2.52 bits per heavy atom. The highest BCUT2D eigenvalue weighted by Crippen LogP contribution is 2.52. The molecule has 0 amide bonds. The second-order valence-electron chi connectivity index (χ2n) is 7.98. The van der Waals surface area contributed by atoms with Gasteiger partial charge >= 0.3 is 0 Å². The predicted molar refractivity (Wildman–Crippen MR) is 99.1 cm³/mol. The highest BCUT2D eigenvalue weighted by molar-refractivity contribution is 7.89. The molecular formula is C17H32N4O3S. The molecule has 0 spiro atoms. The molecule has 3 rings (SSSR count). The summed E-state index contributed by atoms with van der Waals surface area (Å²) >= 11 is 0. The molecule has 0 radical (unpaired) electrons. The first kappa shape index (κ1) is 18.9. The van der Waals surface area contributed by atoms with Crippen molar-refractivity contribution in [2.45, 2.75) is 58.2 Å². The summed E-state index contributed by atoms with van der Waals surface area (Å²) in [6, 6.07) is 0.625. The van der Waals surface area contributed by atoms with Crippen LogP contribution in [0, 0.1) is 11.3 Å². The Morgan fingerprint density at radius 2 is 1.92 bits per heavy atom. The van der Waals surface area contributed by atoms with Crippen LogP contribution in [0.5, 0.6) is 0 Å². The third-order valence-corrected chi connectivity index (χ3v) is 8.05. The number of fused-ring (bicyclic) bond motifs is 1. The van der Waals surface area contributed by atoms with E-state index in [1.807, 2.05) is 0 Å². The molecule has 8 heteroatoms. The van der Waals surface area contributed by atoms with Crippen LogP contribution in [0.3, 0.4) is 0 Å². The Hall–Kier alpha value is -0.860. The molecule has 0 aromatic carbocycles. The van der Waals surface area contributed by atoms with Gasteiger partial charge in [0.25, 0.3) is 0 Å². The molecule has 0 aromatic heterocycles. The molecule has 2 heterocycles. The number of nitrogens with one attached hydrogen (secondary N) is 2. The van der Waals surface area contributed by atoms with E-state index in [0.717, 1.165) is 31.8 Å². The fourth-order valence-corrected chi connectivity index (χ4v) is 5.72. The Kier molecular flexibility index (Phi) is 5.33. The summed E-state index contributed by atoms with van der Waals surface area (Å²) in [5.41, 5.74) is 0.108.